The van der Waals surface area contributed by atoms with Crippen LogP contribution in [0.15, 0.2) is 12.1 Å². The molecule has 2 aliphatic rings. The molecule has 0 saturated carbocycles. The summed E-state index contributed by atoms with van der Waals surface area (Å²) in [5, 5.41) is 10.5. The van der Waals surface area contributed by atoms with Crippen LogP contribution in [-0.2, 0) is 4.74 Å². The fourth-order valence-electron chi connectivity index (χ4n) is 3.20. The Kier molecular flexibility index (Phi) is 4.29. The number of phenols is 1. The largest absolute Gasteiger partial charge is 0.507 e. The van der Waals surface area contributed by atoms with Crippen molar-refractivity contribution in [3.63, 3.8) is 0 Å². The van der Waals surface area contributed by atoms with Gasteiger partial charge in [0, 0.05) is 30.6 Å². The molecule has 114 valence electrons. The highest BCUT2D eigenvalue weighted by atomic mass is 35.5. The molecular weight excluding hydrogens is 313 g/mol. The molecule has 1 aromatic carbocycles. The standard InChI is InChI=1S/C15H17Cl2NO3/c16-10-6-11(17)14(12(19)7-10)15(20)18-4-3-13-9(8-18)2-1-5-21-13/h6-7,9,13,19H,1-5,8H2/t9-,13-/m1/s1. The van der Waals surface area contributed by atoms with Crippen molar-refractivity contribution in [2.75, 3.05) is 19.7 Å². The molecule has 0 spiro atoms. The van der Waals surface area contributed by atoms with E-state index in [1.807, 2.05) is 0 Å². The van der Waals surface area contributed by atoms with Crippen LogP contribution >= 0.6 is 23.2 Å². The van der Waals surface area contributed by atoms with E-state index in [0.717, 1.165) is 25.9 Å². The first kappa shape index (κ1) is 14.9. The number of carbonyl (C=O) groups is 1. The van der Waals surface area contributed by atoms with Gasteiger partial charge in [0.15, 0.2) is 0 Å². The highest BCUT2D eigenvalue weighted by molar-refractivity contribution is 6.37. The minimum absolute atomic E-state index is 0.135. The molecular formula is C15H17Cl2NO3. The molecule has 1 aromatic rings. The number of benzene rings is 1. The molecule has 2 heterocycles. The molecule has 2 atom stereocenters. The molecule has 1 amide bonds. The lowest BCUT2D eigenvalue weighted by Crippen LogP contribution is -2.48. The normalized spacial score (nSPS) is 25.5. The second-order valence-electron chi connectivity index (χ2n) is 5.63. The molecule has 3 rings (SSSR count). The summed E-state index contributed by atoms with van der Waals surface area (Å²) in [5.41, 5.74) is 0.135. The molecule has 0 radical (unpaired) electrons. The van der Waals surface area contributed by atoms with Crippen LogP contribution in [0.5, 0.6) is 5.75 Å². The maximum atomic E-state index is 12.6. The van der Waals surface area contributed by atoms with Crippen LogP contribution in [0, 0.1) is 5.92 Å². The third-order valence-electron chi connectivity index (χ3n) is 4.25. The van der Waals surface area contributed by atoms with Gasteiger partial charge in [0.05, 0.1) is 16.7 Å². The average molecular weight is 330 g/mol. The zero-order valence-electron chi connectivity index (χ0n) is 11.5. The number of phenolic OH excluding ortho intramolecular Hbond substituents is 1. The second kappa shape index (κ2) is 6.03. The Morgan fingerprint density at radius 1 is 1.33 bits per heavy atom. The van der Waals surface area contributed by atoms with Crippen LogP contribution in [0.1, 0.15) is 29.6 Å². The highest BCUT2D eigenvalue weighted by Crippen LogP contribution is 2.34. The summed E-state index contributed by atoms with van der Waals surface area (Å²) < 4.78 is 5.75. The highest BCUT2D eigenvalue weighted by Gasteiger charge is 2.35. The summed E-state index contributed by atoms with van der Waals surface area (Å²) in [5.74, 6) is -0.0256. The van der Waals surface area contributed by atoms with E-state index in [4.69, 9.17) is 27.9 Å². The summed E-state index contributed by atoms with van der Waals surface area (Å²) in [6.07, 6.45) is 3.21. The van der Waals surface area contributed by atoms with Gasteiger partial charge >= 0.3 is 0 Å². The summed E-state index contributed by atoms with van der Waals surface area (Å²) in [7, 11) is 0. The summed E-state index contributed by atoms with van der Waals surface area (Å²) in [6.45, 7) is 2.10. The first-order chi connectivity index (χ1) is 10.1. The van der Waals surface area contributed by atoms with Gasteiger partial charge in [0.25, 0.3) is 5.91 Å². The lowest BCUT2D eigenvalue weighted by molar-refractivity contribution is -0.0607. The van der Waals surface area contributed by atoms with Crippen molar-refractivity contribution < 1.29 is 14.6 Å². The van der Waals surface area contributed by atoms with E-state index in [1.165, 1.54) is 12.1 Å². The Morgan fingerprint density at radius 2 is 2.14 bits per heavy atom. The van der Waals surface area contributed by atoms with Gasteiger partial charge < -0.3 is 14.7 Å². The first-order valence-corrected chi connectivity index (χ1v) is 7.90. The molecule has 6 heteroatoms. The fourth-order valence-corrected chi connectivity index (χ4v) is 3.77. The van der Waals surface area contributed by atoms with Crippen LogP contribution in [0.25, 0.3) is 0 Å². The maximum absolute atomic E-state index is 12.6. The van der Waals surface area contributed by atoms with Crippen molar-refractivity contribution in [1.82, 2.24) is 4.90 Å². The number of piperidine rings is 1. The van der Waals surface area contributed by atoms with Gasteiger partial charge in [-0.3, -0.25) is 4.79 Å². The van der Waals surface area contributed by atoms with Crippen molar-refractivity contribution in [2.45, 2.75) is 25.4 Å². The lowest BCUT2D eigenvalue weighted by Gasteiger charge is -2.41. The summed E-state index contributed by atoms with van der Waals surface area (Å²) >= 11 is 11.9. The molecule has 1 N–H and O–H groups in total. The molecule has 0 bridgehead atoms. The van der Waals surface area contributed by atoms with E-state index in [2.05, 4.69) is 0 Å². The van der Waals surface area contributed by atoms with Crippen molar-refractivity contribution in [3.8, 4) is 5.75 Å². The van der Waals surface area contributed by atoms with Crippen LogP contribution in [0.4, 0.5) is 0 Å². The lowest BCUT2D eigenvalue weighted by atomic mass is 9.88. The number of hydrogen-bond donors (Lipinski definition) is 1. The van der Waals surface area contributed by atoms with E-state index in [9.17, 15) is 9.90 Å². The van der Waals surface area contributed by atoms with E-state index in [0.29, 0.717) is 24.0 Å². The van der Waals surface area contributed by atoms with Crippen molar-refractivity contribution >= 4 is 29.1 Å². The molecule has 0 aromatic heterocycles. The van der Waals surface area contributed by atoms with Gasteiger partial charge in [-0.05, 0) is 31.4 Å². The van der Waals surface area contributed by atoms with Gasteiger partial charge in [-0.15, -0.1) is 0 Å². The van der Waals surface area contributed by atoms with Crippen LogP contribution < -0.4 is 0 Å². The maximum Gasteiger partial charge on any atom is 0.259 e. The minimum atomic E-state index is -0.238. The Morgan fingerprint density at radius 3 is 2.90 bits per heavy atom. The quantitative estimate of drug-likeness (QED) is 0.859. The number of nitrogens with zero attached hydrogens (tertiary/aromatic N) is 1. The molecule has 0 unspecified atom stereocenters. The number of likely N-dealkylation sites (tertiary alicyclic amines) is 1. The fraction of sp³-hybridized carbons (Fsp3) is 0.533. The topological polar surface area (TPSA) is 49.8 Å². The minimum Gasteiger partial charge on any atom is -0.507 e. The second-order valence-corrected chi connectivity index (χ2v) is 6.48. The summed E-state index contributed by atoms with van der Waals surface area (Å²) in [4.78, 5) is 14.4. The number of halogens is 2. The van der Waals surface area contributed by atoms with E-state index >= 15 is 0 Å². The molecule has 2 fully saturated rings. The monoisotopic (exact) mass is 329 g/mol. The number of ether oxygens (including phenoxy) is 1. The number of rotatable bonds is 1. The smallest absolute Gasteiger partial charge is 0.259 e. The number of amides is 1. The van der Waals surface area contributed by atoms with Gasteiger partial charge in [-0.2, -0.15) is 0 Å². The number of hydrogen-bond acceptors (Lipinski definition) is 3. The van der Waals surface area contributed by atoms with E-state index < -0.39 is 0 Å². The number of fused-ring (bicyclic) bond motifs is 1. The Balaban J connectivity index is 1.80. The van der Waals surface area contributed by atoms with Crippen molar-refractivity contribution in [2.24, 2.45) is 5.92 Å². The molecule has 0 aliphatic carbocycles. The van der Waals surface area contributed by atoms with Gasteiger partial charge in [-0.25, -0.2) is 0 Å². The number of aromatic hydroxyl groups is 1. The van der Waals surface area contributed by atoms with E-state index in [1.54, 1.807) is 4.90 Å². The third kappa shape index (κ3) is 2.98. The molecule has 2 saturated heterocycles. The average Bonchev–Trinajstić information content (AvgIpc) is 2.45. The van der Waals surface area contributed by atoms with Crippen molar-refractivity contribution in [3.05, 3.63) is 27.7 Å². The van der Waals surface area contributed by atoms with Crippen molar-refractivity contribution in [1.29, 1.82) is 0 Å². The summed E-state index contributed by atoms with van der Waals surface area (Å²) in [6, 6.07) is 2.82. The van der Waals surface area contributed by atoms with Crippen LogP contribution in [-0.4, -0.2) is 41.7 Å². The van der Waals surface area contributed by atoms with Gasteiger partial charge in [0.1, 0.15) is 5.75 Å². The zero-order chi connectivity index (χ0) is 15.0. The molecule has 4 nitrogen and oxygen atoms in total. The third-order valence-corrected chi connectivity index (χ3v) is 4.77. The van der Waals surface area contributed by atoms with Crippen LogP contribution in [0.2, 0.25) is 10.0 Å². The predicted molar refractivity (Wildman–Crippen MR) is 81.1 cm³/mol. The van der Waals surface area contributed by atoms with Crippen LogP contribution in [0.3, 0.4) is 0 Å². The Labute approximate surface area is 133 Å². The zero-order valence-corrected chi connectivity index (χ0v) is 13.0. The Bertz CT molecular complexity index is 541. The Hall–Kier alpha value is -0.970. The first-order valence-electron chi connectivity index (χ1n) is 7.15. The molecule has 21 heavy (non-hydrogen) atoms. The van der Waals surface area contributed by atoms with Gasteiger partial charge in [0.2, 0.25) is 0 Å². The van der Waals surface area contributed by atoms with Gasteiger partial charge in [-0.1, -0.05) is 23.2 Å². The van der Waals surface area contributed by atoms with E-state index in [-0.39, 0.29) is 28.3 Å². The molecule has 2 aliphatic heterocycles. The predicted octanol–water partition coefficient (Wildman–Crippen LogP) is 3.34. The SMILES string of the molecule is O=C(c1c(O)cc(Cl)cc1Cl)N1CC[C@H]2OCCC[C@@H]2C1. The number of carbonyl (C=O) groups excluding carboxylic acids is 1.